The van der Waals surface area contributed by atoms with Gasteiger partial charge in [-0.1, -0.05) is 31.3 Å². The summed E-state index contributed by atoms with van der Waals surface area (Å²) in [6.45, 7) is 7.50. The molecule has 0 aliphatic rings. The number of ether oxygens (including phenoxy) is 2. The van der Waals surface area contributed by atoms with Gasteiger partial charge in [-0.3, -0.25) is 4.90 Å². The summed E-state index contributed by atoms with van der Waals surface area (Å²) in [5.74, 6) is 0.751. The lowest BCUT2D eigenvalue weighted by molar-refractivity contribution is 0.109. The number of nitrogens with two attached hydrogens (primary N) is 1. The van der Waals surface area contributed by atoms with Gasteiger partial charge in [0, 0.05) is 26.2 Å². The van der Waals surface area contributed by atoms with Crippen LogP contribution in [-0.2, 0) is 4.74 Å². The molecule has 21 heavy (non-hydrogen) atoms. The Kier molecular flexibility index (Phi) is 8.27. The Bertz CT molecular complexity index is 440. The number of thiocarbonyl (C=S) groups is 1. The van der Waals surface area contributed by atoms with Crippen LogP contribution in [0.25, 0.3) is 0 Å². The normalized spacial score (nSPS) is 12.4. The Labute approximate surface area is 133 Å². The number of methoxy groups -OCH3 is 1. The van der Waals surface area contributed by atoms with E-state index in [9.17, 15) is 0 Å². The molecule has 0 radical (unpaired) electrons. The molecule has 1 aromatic rings. The van der Waals surface area contributed by atoms with Crippen molar-refractivity contribution in [1.29, 1.82) is 0 Å². The number of para-hydroxylation sites is 1. The summed E-state index contributed by atoms with van der Waals surface area (Å²) < 4.78 is 11.0. The highest BCUT2D eigenvalue weighted by atomic mass is 32.1. The molecule has 0 saturated carbocycles. The molecule has 0 amide bonds. The first-order valence-electron chi connectivity index (χ1n) is 7.34. The van der Waals surface area contributed by atoms with Crippen LogP contribution >= 0.6 is 12.2 Å². The summed E-state index contributed by atoms with van der Waals surface area (Å²) >= 11 is 5.04. The monoisotopic (exact) mass is 310 g/mol. The molecule has 0 aromatic heterocycles. The van der Waals surface area contributed by atoms with Gasteiger partial charge >= 0.3 is 0 Å². The van der Waals surface area contributed by atoms with Crippen molar-refractivity contribution in [2.45, 2.75) is 26.3 Å². The molecular formula is C16H26N2O2S. The summed E-state index contributed by atoms with van der Waals surface area (Å²) in [6, 6.07) is 8.13. The SMILES string of the molecule is CCC(C)N(CCOC)CCOc1ccccc1C(N)=S. The quantitative estimate of drug-likeness (QED) is 0.673. The summed E-state index contributed by atoms with van der Waals surface area (Å²) in [5.41, 5.74) is 6.50. The molecule has 1 aromatic carbocycles. The van der Waals surface area contributed by atoms with E-state index in [2.05, 4.69) is 18.7 Å². The molecule has 118 valence electrons. The number of rotatable bonds is 10. The third-order valence-electron chi connectivity index (χ3n) is 3.59. The molecule has 1 unspecified atom stereocenters. The van der Waals surface area contributed by atoms with Crippen molar-refractivity contribution >= 4 is 17.2 Å². The maximum atomic E-state index is 5.85. The highest BCUT2D eigenvalue weighted by Crippen LogP contribution is 2.17. The zero-order valence-corrected chi connectivity index (χ0v) is 14.0. The molecule has 1 atom stereocenters. The minimum absolute atomic E-state index is 0.365. The fraction of sp³-hybridized carbons (Fsp3) is 0.562. The van der Waals surface area contributed by atoms with E-state index in [4.69, 9.17) is 27.4 Å². The molecule has 0 spiro atoms. The van der Waals surface area contributed by atoms with Gasteiger partial charge in [0.05, 0.1) is 12.2 Å². The van der Waals surface area contributed by atoms with E-state index < -0.39 is 0 Å². The Hall–Kier alpha value is -1.17. The van der Waals surface area contributed by atoms with Crippen molar-refractivity contribution in [1.82, 2.24) is 4.90 Å². The average Bonchev–Trinajstić information content (AvgIpc) is 2.50. The number of hydrogen-bond donors (Lipinski definition) is 1. The van der Waals surface area contributed by atoms with Crippen molar-refractivity contribution in [3.05, 3.63) is 29.8 Å². The van der Waals surface area contributed by atoms with Gasteiger partial charge in [0.2, 0.25) is 0 Å². The zero-order valence-electron chi connectivity index (χ0n) is 13.2. The second-order valence-electron chi connectivity index (χ2n) is 4.99. The Morgan fingerprint density at radius 3 is 2.57 bits per heavy atom. The van der Waals surface area contributed by atoms with Gasteiger partial charge in [0.15, 0.2) is 0 Å². The standard InChI is InChI=1S/C16H26N2O2S/c1-4-13(2)18(9-11-19-3)10-12-20-15-8-6-5-7-14(15)16(17)21/h5-8,13H,4,9-12H2,1-3H3,(H2,17,21). The van der Waals surface area contributed by atoms with Crippen LogP contribution in [0.2, 0.25) is 0 Å². The van der Waals surface area contributed by atoms with Gasteiger partial charge in [-0.15, -0.1) is 0 Å². The fourth-order valence-corrected chi connectivity index (χ4v) is 2.26. The fourth-order valence-electron chi connectivity index (χ4n) is 2.09. The molecule has 4 nitrogen and oxygen atoms in total. The van der Waals surface area contributed by atoms with Crippen LogP contribution in [0.15, 0.2) is 24.3 Å². The van der Waals surface area contributed by atoms with Crippen LogP contribution < -0.4 is 10.5 Å². The van der Waals surface area contributed by atoms with E-state index in [1.165, 1.54) is 0 Å². The molecule has 0 heterocycles. The predicted octanol–water partition coefficient (Wildman–Crippen LogP) is 2.45. The van der Waals surface area contributed by atoms with Crippen LogP contribution in [0.4, 0.5) is 0 Å². The van der Waals surface area contributed by atoms with Gasteiger partial charge in [0.1, 0.15) is 17.3 Å². The van der Waals surface area contributed by atoms with Crippen LogP contribution in [0.5, 0.6) is 5.75 Å². The van der Waals surface area contributed by atoms with Crippen LogP contribution in [-0.4, -0.2) is 49.3 Å². The van der Waals surface area contributed by atoms with E-state index >= 15 is 0 Å². The van der Waals surface area contributed by atoms with Gasteiger partial charge in [-0.05, 0) is 25.5 Å². The highest BCUT2D eigenvalue weighted by molar-refractivity contribution is 7.80. The Morgan fingerprint density at radius 2 is 1.95 bits per heavy atom. The first kappa shape index (κ1) is 17.9. The second kappa shape index (κ2) is 9.71. The summed E-state index contributed by atoms with van der Waals surface area (Å²) in [5, 5.41) is 0. The van der Waals surface area contributed by atoms with E-state index in [1.54, 1.807) is 7.11 Å². The van der Waals surface area contributed by atoms with Crippen LogP contribution in [0, 0.1) is 0 Å². The minimum atomic E-state index is 0.365. The average molecular weight is 310 g/mol. The molecule has 0 saturated heterocycles. The molecule has 0 aliphatic heterocycles. The first-order valence-corrected chi connectivity index (χ1v) is 7.75. The lowest BCUT2D eigenvalue weighted by Gasteiger charge is -2.28. The number of nitrogens with zero attached hydrogens (tertiary/aromatic N) is 1. The van der Waals surface area contributed by atoms with E-state index in [1.807, 2.05) is 24.3 Å². The lowest BCUT2D eigenvalue weighted by atomic mass is 10.2. The molecular weight excluding hydrogens is 284 g/mol. The highest BCUT2D eigenvalue weighted by Gasteiger charge is 2.12. The molecule has 5 heteroatoms. The summed E-state index contributed by atoms with van der Waals surface area (Å²) in [6.07, 6.45) is 1.10. The molecule has 0 bridgehead atoms. The summed E-state index contributed by atoms with van der Waals surface area (Å²) in [4.78, 5) is 2.73. The minimum Gasteiger partial charge on any atom is -0.492 e. The number of benzene rings is 1. The van der Waals surface area contributed by atoms with Gasteiger partial charge in [0.25, 0.3) is 0 Å². The molecule has 0 fully saturated rings. The maximum Gasteiger partial charge on any atom is 0.129 e. The third kappa shape index (κ3) is 5.99. The van der Waals surface area contributed by atoms with E-state index in [0.717, 1.165) is 37.4 Å². The van der Waals surface area contributed by atoms with Crippen molar-refractivity contribution in [3.63, 3.8) is 0 Å². The first-order chi connectivity index (χ1) is 10.1. The maximum absolute atomic E-state index is 5.85. The Morgan fingerprint density at radius 1 is 1.29 bits per heavy atom. The third-order valence-corrected chi connectivity index (χ3v) is 3.81. The van der Waals surface area contributed by atoms with Crippen molar-refractivity contribution in [2.24, 2.45) is 5.73 Å². The molecule has 2 N–H and O–H groups in total. The van der Waals surface area contributed by atoms with Crippen molar-refractivity contribution in [3.8, 4) is 5.75 Å². The Balaban J connectivity index is 2.55. The predicted molar refractivity (Wildman–Crippen MR) is 91.0 cm³/mol. The molecule has 1 rings (SSSR count). The lowest BCUT2D eigenvalue weighted by Crippen LogP contribution is -2.38. The molecule has 0 aliphatic carbocycles. The second-order valence-corrected chi connectivity index (χ2v) is 5.43. The van der Waals surface area contributed by atoms with Crippen LogP contribution in [0.3, 0.4) is 0 Å². The number of hydrogen-bond acceptors (Lipinski definition) is 4. The van der Waals surface area contributed by atoms with E-state index in [0.29, 0.717) is 17.6 Å². The van der Waals surface area contributed by atoms with E-state index in [-0.39, 0.29) is 0 Å². The van der Waals surface area contributed by atoms with Gasteiger partial charge in [-0.25, -0.2) is 0 Å². The zero-order chi connectivity index (χ0) is 15.7. The van der Waals surface area contributed by atoms with Gasteiger partial charge < -0.3 is 15.2 Å². The van der Waals surface area contributed by atoms with Crippen molar-refractivity contribution in [2.75, 3.05) is 33.4 Å². The van der Waals surface area contributed by atoms with Crippen molar-refractivity contribution < 1.29 is 9.47 Å². The smallest absolute Gasteiger partial charge is 0.129 e. The van der Waals surface area contributed by atoms with Crippen LogP contribution in [0.1, 0.15) is 25.8 Å². The topological polar surface area (TPSA) is 47.7 Å². The summed E-state index contributed by atoms with van der Waals surface area (Å²) in [7, 11) is 1.73. The van der Waals surface area contributed by atoms with Gasteiger partial charge in [-0.2, -0.15) is 0 Å². The largest absolute Gasteiger partial charge is 0.492 e.